The van der Waals surface area contributed by atoms with Crippen molar-refractivity contribution in [3.63, 3.8) is 0 Å². The van der Waals surface area contributed by atoms with Gasteiger partial charge in [-0.3, -0.25) is 4.79 Å². The van der Waals surface area contributed by atoms with Crippen molar-refractivity contribution in [1.29, 1.82) is 0 Å². The second kappa shape index (κ2) is 8.33. The maximum absolute atomic E-state index is 12.8. The number of para-hydroxylation sites is 2. The van der Waals surface area contributed by atoms with Gasteiger partial charge >= 0.3 is 5.97 Å². The number of anilines is 2. The quantitative estimate of drug-likeness (QED) is 0.744. The maximum Gasteiger partial charge on any atom is 0.344 e. The Bertz CT molecular complexity index is 863. The summed E-state index contributed by atoms with van der Waals surface area (Å²) in [7, 11) is 0. The van der Waals surface area contributed by atoms with Gasteiger partial charge in [-0.1, -0.05) is 31.2 Å². The molecule has 3 rings (SSSR count). The largest absolute Gasteiger partial charge is 0.482 e. The topological polar surface area (TPSA) is 67.9 Å². The molecule has 1 heterocycles. The maximum atomic E-state index is 12.8. The third kappa shape index (κ3) is 4.44. The van der Waals surface area contributed by atoms with E-state index in [2.05, 4.69) is 12.2 Å². The Morgan fingerprint density at radius 3 is 2.71 bits per heavy atom. The fourth-order valence-electron chi connectivity index (χ4n) is 3.16. The Morgan fingerprint density at radius 2 is 1.93 bits per heavy atom. The van der Waals surface area contributed by atoms with Crippen LogP contribution in [0.15, 0.2) is 48.5 Å². The fourth-order valence-corrected chi connectivity index (χ4v) is 3.16. The van der Waals surface area contributed by atoms with E-state index in [0.717, 1.165) is 23.4 Å². The molecule has 0 aliphatic carbocycles. The minimum atomic E-state index is -0.717. The summed E-state index contributed by atoms with van der Waals surface area (Å²) < 4.78 is 10.8. The van der Waals surface area contributed by atoms with Gasteiger partial charge in [0.05, 0.1) is 17.9 Å². The van der Waals surface area contributed by atoms with Crippen LogP contribution in [0.3, 0.4) is 0 Å². The Kier molecular flexibility index (Phi) is 5.87. The Labute approximate surface area is 165 Å². The lowest BCUT2D eigenvalue weighted by molar-refractivity contribution is -0.146. The standard InChI is InChI=1S/C22H26N2O4/c1-4-16-8-7-9-17(14-16)28-15-20(25)27-13-12-24-19-11-6-5-10-18(19)23-22(2,3)21(24)26/h5-11,14,23H,4,12-13,15H2,1-3H3. The van der Waals surface area contributed by atoms with Crippen molar-refractivity contribution in [3.8, 4) is 5.75 Å². The van der Waals surface area contributed by atoms with Crippen molar-refractivity contribution in [2.75, 3.05) is 30.0 Å². The lowest BCUT2D eigenvalue weighted by atomic mass is 9.98. The molecule has 0 fully saturated rings. The van der Waals surface area contributed by atoms with Crippen LogP contribution in [-0.2, 0) is 20.7 Å². The third-order valence-electron chi connectivity index (χ3n) is 4.66. The van der Waals surface area contributed by atoms with Gasteiger partial charge in [0, 0.05) is 0 Å². The van der Waals surface area contributed by atoms with Crippen LogP contribution >= 0.6 is 0 Å². The molecule has 0 radical (unpaired) electrons. The first kappa shape index (κ1) is 19.7. The van der Waals surface area contributed by atoms with Crippen LogP contribution in [0.5, 0.6) is 5.75 Å². The van der Waals surface area contributed by atoms with Crippen LogP contribution < -0.4 is 15.0 Å². The number of benzene rings is 2. The van der Waals surface area contributed by atoms with Crippen molar-refractivity contribution in [3.05, 3.63) is 54.1 Å². The Morgan fingerprint density at radius 1 is 1.14 bits per heavy atom. The van der Waals surface area contributed by atoms with Gasteiger partial charge in [-0.25, -0.2) is 4.79 Å². The molecule has 6 heteroatoms. The van der Waals surface area contributed by atoms with Gasteiger partial charge in [0.1, 0.15) is 17.9 Å². The lowest BCUT2D eigenvalue weighted by Crippen LogP contribution is -2.54. The van der Waals surface area contributed by atoms with Crippen molar-refractivity contribution in [2.24, 2.45) is 0 Å². The number of fused-ring (bicyclic) bond motifs is 1. The number of carbonyl (C=O) groups is 2. The molecular weight excluding hydrogens is 356 g/mol. The summed E-state index contributed by atoms with van der Waals surface area (Å²) in [6.45, 7) is 5.96. The van der Waals surface area contributed by atoms with E-state index >= 15 is 0 Å². The van der Waals surface area contributed by atoms with E-state index in [-0.39, 0.29) is 25.7 Å². The SMILES string of the molecule is CCc1cccc(OCC(=O)OCCN2C(=O)C(C)(C)Nc3ccccc32)c1. The summed E-state index contributed by atoms with van der Waals surface area (Å²) in [6.07, 6.45) is 0.901. The summed E-state index contributed by atoms with van der Waals surface area (Å²) in [4.78, 5) is 26.4. The molecule has 1 aliphatic rings. The number of hydrogen-bond acceptors (Lipinski definition) is 5. The molecule has 0 saturated carbocycles. The van der Waals surface area contributed by atoms with Crippen molar-refractivity contribution in [1.82, 2.24) is 0 Å². The number of ether oxygens (including phenoxy) is 2. The number of hydrogen-bond donors (Lipinski definition) is 1. The predicted octanol–water partition coefficient (Wildman–Crippen LogP) is 3.41. The highest BCUT2D eigenvalue weighted by atomic mass is 16.6. The van der Waals surface area contributed by atoms with Crippen LogP contribution in [0.25, 0.3) is 0 Å². The smallest absolute Gasteiger partial charge is 0.344 e. The Hall–Kier alpha value is -3.02. The second-order valence-corrected chi connectivity index (χ2v) is 7.23. The molecule has 28 heavy (non-hydrogen) atoms. The van der Waals surface area contributed by atoms with E-state index in [1.807, 2.05) is 62.4 Å². The highest BCUT2D eigenvalue weighted by Gasteiger charge is 2.38. The van der Waals surface area contributed by atoms with E-state index in [9.17, 15) is 9.59 Å². The van der Waals surface area contributed by atoms with Crippen LogP contribution in [0.2, 0.25) is 0 Å². The average molecular weight is 382 g/mol. The van der Waals surface area contributed by atoms with Crippen LogP contribution in [-0.4, -0.2) is 37.2 Å². The lowest BCUT2D eigenvalue weighted by Gasteiger charge is -2.39. The molecule has 2 aromatic rings. The van der Waals surface area contributed by atoms with E-state index in [4.69, 9.17) is 9.47 Å². The van der Waals surface area contributed by atoms with E-state index in [1.165, 1.54) is 0 Å². The zero-order chi connectivity index (χ0) is 20.1. The highest BCUT2D eigenvalue weighted by molar-refractivity contribution is 6.07. The normalized spacial score (nSPS) is 14.8. The van der Waals surface area contributed by atoms with Gasteiger partial charge in [-0.05, 0) is 50.1 Å². The first-order valence-electron chi connectivity index (χ1n) is 9.47. The molecule has 148 valence electrons. The first-order valence-corrected chi connectivity index (χ1v) is 9.47. The minimum absolute atomic E-state index is 0.0603. The van der Waals surface area contributed by atoms with Gasteiger partial charge in [0.25, 0.3) is 5.91 Å². The van der Waals surface area contributed by atoms with Gasteiger partial charge in [-0.15, -0.1) is 0 Å². The second-order valence-electron chi connectivity index (χ2n) is 7.23. The highest BCUT2D eigenvalue weighted by Crippen LogP contribution is 2.34. The monoisotopic (exact) mass is 382 g/mol. The molecular formula is C22H26N2O4. The van der Waals surface area contributed by atoms with Gasteiger partial charge in [-0.2, -0.15) is 0 Å². The zero-order valence-electron chi connectivity index (χ0n) is 16.5. The van der Waals surface area contributed by atoms with E-state index in [1.54, 1.807) is 4.90 Å². The van der Waals surface area contributed by atoms with Crippen LogP contribution in [0, 0.1) is 0 Å². The van der Waals surface area contributed by atoms with Gasteiger partial charge in [0.15, 0.2) is 6.61 Å². The number of esters is 1. The van der Waals surface area contributed by atoms with Crippen molar-refractivity contribution >= 4 is 23.3 Å². The molecule has 0 aromatic heterocycles. The Balaban J connectivity index is 1.54. The summed E-state index contributed by atoms with van der Waals surface area (Å²) in [5.41, 5.74) is 2.10. The minimum Gasteiger partial charge on any atom is -0.482 e. The van der Waals surface area contributed by atoms with Crippen LogP contribution in [0.4, 0.5) is 11.4 Å². The first-order chi connectivity index (χ1) is 13.4. The molecule has 0 unspecified atom stereocenters. The van der Waals surface area contributed by atoms with E-state index in [0.29, 0.717) is 5.75 Å². The molecule has 0 saturated heterocycles. The number of aryl methyl sites for hydroxylation is 1. The predicted molar refractivity (Wildman–Crippen MR) is 109 cm³/mol. The number of nitrogens with zero attached hydrogens (tertiary/aromatic N) is 1. The molecule has 2 aromatic carbocycles. The third-order valence-corrected chi connectivity index (χ3v) is 4.66. The van der Waals surface area contributed by atoms with E-state index < -0.39 is 11.5 Å². The zero-order valence-corrected chi connectivity index (χ0v) is 16.5. The van der Waals surface area contributed by atoms with Crippen molar-refractivity contribution in [2.45, 2.75) is 32.7 Å². The molecule has 0 spiro atoms. The summed E-state index contributed by atoms with van der Waals surface area (Å²) in [6, 6.07) is 15.2. The molecule has 1 N–H and O–H groups in total. The van der Waals surface area contributed by atoms with Crippen molar-refractivity contribution < 1.29 is 19.1 Å². The molecule has 0 atom stereocenters. The number of carbonyl (C=O) groups excluding carboxylic acids is 2. The molecule has 1 amide bonds. The molecule has 6 nitrogen and oxygen atoms in total. The van der Waals surface area contributed by atoms with Gasteiger partial charge in [0.2, 0.25) is 0 Å². The number of amides is 1. The summed E-state index contributed by atoms with van der Waals surface area (Å²) in [5.74, 6) is 0.121. The number of nitrogens with one attached hydrogen (secondary N) is 1. The summed E-state index contributed by atoms with van der Waals surface area (Å²) in [5, 5.41) is 3.24. The molecule has 0 bridgehead atoms. The summed E-state index contributed by atoms with van der Waals surface area (Å²) >= 11 is 0. The van der Waals surface area contributed by atoms with Gasteiger partial charge < -0.3 is 19.7 Å². The average Bonchev–Trinajstić information content (AvgIpc) is 2.69. The van der Waals surface area contributed by atoms with Crippen LogP contribution in [0.1, 0.15) is 26.3 Å². The molecule has 1 aliphatic heterocycles. The number of rotatable bonds is 7. The fraction of sp³-hybridized carbons (Fsp3) is 0.364.